The predicted octanol–water partition coefficient (Wildman–Crippen LogP) is 6.39. The van der Waals surface area contributed by atoms with Crippen molar-refractivity contribution in [2.75, 3.05) is 32.8 Å². The summed E-state index contributed by atoms with van der Waals surface area (Å²) in [6.07, 6.45) is 5.47. The molecule has 254 valence electrons. The average molecular weight is 676 g/mol. The van der Waals surface area contributed by atoms with E-state index in [9.17, 15) is 18.0 Å². The Balaban J connectivity index is 1.11. The largest absolute Gasteiger partial charge is 0.482 e. The number of ether oxygens (including phenoxy) is 2. The van der Waals surface area contributed by atoms with Crippen LogP contribution in [0.2, 0.25) is 0 Å². The first kappa shape index (κ1) is 34.6. The van der Waals surface area contributed by atoms with Crippen molar-refractivity contribution >= 4 is 44.5 Å². The molecule has 0 spiro atoms. The van der Waals surface area contributed by atoms with E-state index in [2.05, 4.69) is 4.98 Å². The number of imidazole rings is 1. The number of aromatic nitrogens is 4. The number of fused-ring (bicyclic) bond motifs is 2. The molecule has 5 aromatic rings. The first-order chi connectivity index (χ1) is 23.0. The molecule has 4 heterocycles. The summed E-state index contributed by atoms with van der Waals surface area (Å²) in [5, 5.41) is 0.867. The highest BCUT2D eigenvalue weighted by Gasteiger charge is 2.20. The number of carbonyl (C=O) groups is 2. The van der Waals surface area contributed by atoms with Crippen molar-refractivity contribution in [3.05, 3.63) is 71.4 Å². The number of carbonyl (C=O) groups excluding carboxylic acids is 2. The number of unbranched alkanes of at least 4 members (excludes halogenated alkanes) is 5. The lowest BCUT2D eigenvalue weighted by molar-refractivity contribution is -0.118. The van der Waals surface area contributed by atoms with Gasteiger partial charge in [0.1, 0.15) is 22.8 Å². The molecular formula is C35H41N5O7S. The van der Waals surface area contributed by atoms with Crippen molar-refractivity contribution in [2.45, 2.75) is 63.7 Å². The quantitative estimate of drug-likeness (QED) is 0.0758. The molecule has 0 saturated heterocycles. The molecule has 1 aromatic carbocycles. The number of methoxy groups -OCH3 is 2. The van der Waals surface area contributed by atoms with Gasteiger partial charge in [-0.05, 0) is 63.1 Å². The van der Waals surface area contributed by atoms with Gasteiger partial charge in [0.05, 0.1) is 42.7 Å². The van der Waals surface area contributed by atoms with Crippen molar-refractivity contribution in [1.29, 1.82) is 0 Å². The Hall–Kier alpha value is -4.75. The number of pyridine rings is 2. The third-order valence-corrected chi connectivity index (χ3v) is 9.64. The standard InChI is InChI=1S/C35H41N5O7S/c1-23-13-16-27(17-14-23)48(43,44)47-19-11-9-7-6-8-10-12-31(41)39(3)29-18-15-25-20-28(36-34(25)38-29)33-24(2)40-30(37-33)21-26(35(42)46-5)22-32(40)45-4/h13-18,20-22H,6-12,19H2,1-5H3,(H,36,38). The molecule has 0 atom stereocenters. The normalized spacial score (nSPS) is 11.7. The minimum atomic E-state index is -3.73. The van der Waals surface area contributed by atoms with Crippen molar-refractivity contribution in [3.63, 3.8) is 0 Å². The summed E-state index contributed by atoms with van der Waals surface area (Å²) in [6, 6.07) is 15.6. The van der Waals surface area contributed by atoms with E-state index in [0.29, 0.717) is 47.1 Å². The van der Waals surface area contributed by atoms with Crippen LogP contribution in [-0.4, -0.2) is 67.5 Å². The lowest BCUT2D eigenvalue weighted by Crippen LogP contribution is -2.26. The molecule has 0 aliphatic rings. The van der Waals surface area contributed by atoms with Gasteiger partial charge in [0.25, 0.3) is 10.1 Å². The molecule has 0 aliphatic carbocycles. The first-order valence-electron chi connectivity index (χ1n) is 15.9. The average Bonchev–Trinajstić information content (AvgIpc) is 3.66. The summed E-state index contributed by atoms with van der Waals surface area (Å²) in [6.45, 7) is 3.98. The van der Waals surface area contributed by atoms with Gasteiger partial charge in [-0.15, -0.1) is 0 Å². The highest BCUT2D eigenvalue weighted by molar-refractivity contribution is 7.86. The Morgan fingerprint density at radius 1 is 0.896 bits per heavy atom. The zero-order valence-corrected chi connectivity index (χ0v) is 28.7. The SMILES string of the molecule is COC(=O)c1cc(OC)n2c(C)c(-c3cc4ccc(N(C)C(=O)CCCCCCCCOS(=O)(=O)c5ccc(C)cc5)nc4[nH]3)nc2c1. The highest BCUT2D eigenvalue weighted by Crippen LogP contribution is 2.31. The van der Waals surface area contributed by atoms with E-state index in [4.69, 9.17) is 23.6 Å². The molecule has 0 unspecified atom stereocenters. The van der Waals surface area contributed by atoms with Gasteiger partial charge in [-0.3, -0.25) is 18.3 Å². The summed E-state index contributed by atoms with van der Waals surface area (Å²) in [7, 11) is 0.857. The molecule has 0 saturated carbocycles. The summed E-state index contributed by atoms with van der Waals surface area (Å²) in [5.41, 5.74) is 4.73. The van der Waals surface area contributed by atoms with E-state index in [1.165, 1.54) is 14.2 Å². The second kappa shape index (κ2) is 15.0. The molecule has 12 nitrogen and oxygen atoms in total. The smallest absolute Gasteiger partial charge is 0.338 e. The molecule has 1 N–H and O–H groups in total. The maximum Gasteiger partial charge on any atom is 0.338 e. The van der Waals surface area contributed by atoms with Gasteiger partial charge in [0.2, 0.25) is 5.91 Å². The number of rotatable bonds is 15. The number of amides is 1. The molecule has 4 aromatic heterocycles. The number of benzene rings is 1. The number of esters is 1. The molecule has 5 rings (SSSR count). The fourth-order valence-corrected chi connectivity index (χ4v) is 6.49. The fourth-order valence-electron chi connectivity index (χ4n) is 5.55. The number of aryl methyl sites for hydroxylation is 2. The van der Waals surface area contributed by atoms with Gasteiger partial charge >= 0.3 is 5.97 Å². The van der Waals surface area contributed by atoms with E-state index in [-0.39, 0.29) is 17.4 Å². The minimum Gasteiger partial charge on any atom is -0.482 e. The van der Waals surface area contributed by atoms with Gasteiger partial charge in [0.15, 0.2) is 5.88 Å². The Kier molecular flexibility index (Phi) is 10.8. The van der Waals surface area contributed by atoms with Crippen LogP contribution < -0.4 is 9.64 Å². The van der Waals surface area contributed by atoms with Crippen molar-refractivity contribution < 1.29 is 31.7 Å². The van der Waals surface area contributed by atoms with Gasteiger partial charge < -0.3 is 14.5 Å². The maximum absolute atomic E-state index is 13.0. The van der Waals surface area contributed by atoms with Crippen LogP contribution in [0.4, 0.5) is 5.82 Å². The molecule has 13 heteroatoms. The second-order valence-corrected chi connectivity index (χ2v) is 13.3. The van der Waals surface area contributed by atoms with Gasteiger partial charge in [0, 0.05) is 24.9 Å². The lowest BCUT2D eigenvalue weighted by atomic mass is 10.1. The number of H-pyrrole nitrogens is 1. The number of nitrogens with zero attached hydrogens (tertiary/aromatic N) is 4. The monoisotopic (exact) mass is 675 g/mol. The van der Waals surface area contributed by atoms with E-state index in [1.54, 1.807) is 48.3 Å². The Morgan fingerprint density at radius 2 is 1.60 bits per heavy atom. The van der Waals surface area contributed by atoms with Crippen LogP contribution in [0.3, 0.4) is 0 Å². The maximum atomic E-state index is 13.0. The van der Waals surface area contributed by atoms with E-state index >= 15 is 0 Å². The Morgan fingerprint density at radius 3 is 2.31 bits per heavy atom. The van der Waals surface area contributed by atoms with Crippen molar-refractivity contribution in [3.8, 4) is 17.3 Å². The van der Waals surface area contributed by atoms with E-state index in [0.717, 1.165) is 54.4 Å². The van der Waals surface area contributed by atoms with Crippen molar-refractivity contribution in [2.24, 2.45) is 0 Å². The second-order valence-electron chi connectivity index (χ2n) is 11.7. The number of anilines is 1. The Bertz CT molecular complexity index is 2030. The predicted molar refractivity (Wildman–Crippen MR) is 183 cm³/mol. The third-order valence-electron chi connectivity index (χ3n) is 8.32. The van der Waals surface area contributed by atoms with Gasteiger partial charge in [-0.2, -0.15) is 8.42 Å². The van der Waals surface area contributed by atoms with Crippen LogP contribution in [0.5, 0.6) is 5.88 Å². The van der Waals surface area contributed by atoms with Crippen LogP contribution in [0.1, 0.15) is 66.6 Å². The first-order valence-corrected chi connectivity index (χ1v) is 17.3. The number of aromatic amines is 1. The highest BCUT2D eigenvalue weighted by atomic mass is 32.2. The van der Waals surface area contributed by atoms with Crippen LogP contribution in [0.25, 0.3) is 28.1 Å². The number of hydrogen-bond acceptors (Lipinski definition) is 9. The minimum absolute atomic E-state index is 0.0203. The topological polar surface area (TPSA) is 145 Å². The van der Waals surface area contributed by atoms with Gasteiger partial charge in [-0.1, -0.05) is 43.4 Å². The summed E-state index contributed by atoms with van der Waals surface area (Å²) >= 11 is 0. The number of hydrogen-bond donors (Lipinski definition) is 1. The zero-order valence-electron chi connectivity index (χ0n) is 27.9. The van der Waals surface area contributed by atoms with E-state index in [1.807, 2.05) is 36.4 Å². The van der Waals surface area contributed by atoms with Crippen LogP contribution >= 0.6 is 0 Å². The summed E-state index contributed by atoms with van der Waals surface area (Å²) in [5.74, 6) is 0.495. The molecule has 48 heavy (non-hydrogen) atoms. The lowest BCUT2D eigenvalue weighted by Gasteiger charge is -2.16. The zero-order chi connectivity index (χ0) is 34.4. The van der Waals surface area contributed by atoms with Crippen LogP contribution in [0.15, 0.2) is 59.5 Å². The van der Waals surface area contributed by atoms with E-state index < -0.39 is 16.1 Å². The summed E-state index contributed by atoms with van der Waals surface area (Å²) < 4.78 is 42.0. The molecular weight excluding hydrogens is 634 g/mol. The Labute approximate surface area is 280 Å². The van der Waals surface area contributed by atoms with Crippen molar-refractivity contribution in [1.82, 2.24) is 19.4 Å². The van der Waals surface area contributed by atoms with Crippen LogP contribution in [0, 0.1) is 13.8 Å². The fraction of sp³-hybridized carbons (Fsp3) is 0.371. The molecule has 1 amide bonds. The summed E-state index contributed by atoms with van der Waals surface area (Å²) in [4.78, 5) is 39.7. The van der Waals surface area contributed by atoms with Gasteiger partial charge in [-0.25, -0.2) is 14.8 Å². The van der Waals surface area contributed by atoms with Crippen LogP contribution in [-0.2, 0) is 23.8 Å². The molecule has 0 fully saturated rings. The molecule has 0 aliphatic heterocycles. The third kappa shape index (κ3) is 7.69. The molecule has 0 radical (unpaired) electrons. The number of nitrogens with one attached hydrogen (secondary N) is 1. The molecule has 0 bridgehead atoms.